The van der Waals surface area contributed by atoms with Crippen LogP contribution in [0.15, 0.2) is 85.6 Å². The van der Waals surface area contributed by atoms with Gasteiger partial charge in [-0.25, -0.2) is 19.2 Å². The molecule has 3 aromatic carbocycles. The van der Waals surface area contributed by atoms with Gasteiger partial charge < -0.3 is 20.1 Å². The second kappa shape index (κ2) is 9.99. The third kappa shape index (κ3) is 4.80. The minimum atomic E-state index is -1.04. The van der Waals surface area contributed by atoms with Crippen LogP contribution in [0.4, 0.5) is 15.9 Å². The van der Waals surface area contributed by atoms with Crippen LogP contribution in [0.25, 0.3) is 27.5 Å². The van der Waals surface area contributed by atoms with E-state index in [1.54, 1.807) is 35.3 Å². The zero-order valence-corrected chi connectivity index (χ0v) is 20.6. The first-order valence-electron chi connectivity index (χ1n) is 12.3. The maximum absolute atomic E-state index is 13.3. The molecule has 0 amide bonds. The van der Waals surface area contributed by atoms with Gasteiger partial charge in [-0.3, -0.25) is 4.68 Å². The monoisotopic (exact) mass is 522 g/mol. The molecule has 0 saturated carbocycles. The molecule has 0 aliphatic carbocycles. The molecule has 0 aliphatic rings. The molecule has 3 N–H and O–H groups in total. The Kier molecular flexibility index (Phi) is 6.22. The number of rotatable bonds is 8. The minimum absolute atomic E-state index is 0.139. The zero-order chi connectivity index (χ0) is 26.9. The van der Waals surface area contributed by atoms with E-state index < -0.39 is 5.97 Å². The van der Waals surface area contributed by atoms with Crippen molar-refractivity contribution in [3.63, 3.8) is 0 Å². The average Bonchev–Trinajstić information content (AvgIpc) is 3.54. The molecule has 9 nitrogen and oxygen atoms in total. The van der Waals surface area contributed by atoms with Gasteiger partial charge in [-0.15, -0.1) is 0 Å². The summed E-state index contributed by atoms with van der Waals surface area (Å²) in [6.07, 6.45) is 6.79. The van der Waals surface area contributed by atoms with Gasteiger partial charge in [-0.1, -0.05) is 12.1 Å². The average molecular weight is 523 g/mol. The Labute approximate surface area is 221 Å². The predicted molar refractivity (Wildman–Crippen MR) is 145 cm³/mol. The van der Waals surface area contributed by atoms with Gasteiger partial charge in [0.1, 0.15) is 18.0 Å². The van der Waals surface area contributed by atoms with Crippen molar-refractivity contribution in [1.29, 1.82) is 0 Å². The van der Waals surface area contributed by atoms with E-state index in [0.29, 0.717) is 17.9 Å². The molecule has 6 rings (SSSR count). The fourth-order valence-electron chi connectivity index (χ4n) is 4.65. The van der Waals surface area contributed by atoms with E-state index in [0.717, 1.165) is 38.7 Å². The summed E-state index contributed by atoms with van der Waals surface area (Å²) < 4.78 is 16.8. The molecule has 0 spiro atoms. The van der Waals surface area contributed by atoms with Gasteiger partial charge in [0.25, 0.3) is 0 Å². The number of halogens is 1. The van der Waals surface area contributed by atoms with Gasteiger partial charge in [-0.2, -0.15) is 5.10 Å². The molecule has 3 heterocycles. The Morgan fingerprint density at radius 2 is 1.85 bits per heavy atom. The predicted octanol–water partition coefficient (Wildman–Crippen LogP) is 4.93. The molecule has 6 aromatic rings. The fraction of sp³-hybridized carbons (Fsp3) is 0.103. The highest BCUT2D eigenvalue weighted by Gasteiger charge is 2.15. The molecular weight excluding hydrogens is 499 g/mol. The van der Waals surface area contributed by atoms with E-state index in [2.05, 4.69) is 20.4 Å². The second-order valence-corrected chi connectivity index (χ2v) is 9.13. The first-order chi connectivity index (χ1) is 19.0. The summed E-state index contributed by atoms with van der Waals surface area (Å²) in [5.74, 6) is -0.713. The molecule has 39 heavy (non-hydrogen) atoms. The van der Waals surface area contributed by atoms with E-state index in [4.69, 9.17) is 0 Å². The number of aliphatic hydroxyl groups is 1. The van der Waals surface area contributed by atoms with Gasteiger partial charge in [0.05, 0.1) is 29.3 Å². The number of carboxylic acid groups (broad SMARTS) is 1. The van der Waals surface area contributed by atoms with Crippen LogP contribution < -0.4 is 5.32 Å². The van der Waals surface area contributed by atoms with E-state index in [1.807, 2.05) is 41.1 Å². The number of aliphatic hydroxyl groups excluding tert-OH is 1. The summed E-state index contributed by atoms with van der Waals surface area (Å²) in [5.41, 5.74) is 4.89. The highest BCUT2D eigenvalue weighted by atomic mass is 19.1. The maximum atomic E-state index is 13.3. The molecule has 0 saturated heterocycles. The summed E-state index contributed by atoms with van der Waals surface area (Å²) in [6, 6.07) is 17.9. The van der Waals surface area contributed by atoms with Crippen LogP contribution in [0.1, 0.15) is 21.5 Å². The molecule has 0 atom stereocenters. The third-order valence-electron chi connectivity index (χ3n) is 6.59. The summed E-state index contributed by atoms with van der Waals surface area (Å²) >= 11 is 0. The number of nitrogens with one attached hydrogen (secondary N) is 1. The summed E-state index contributed by atoms with van der Waals surface area (Å²) in [5, 5.41) is 28.4. The van der Waals surface area contributed by atoms with Crippen LogP contribution in [-0.4, -0.2) is 47.1 Å². The standard InChI is InChI=1S/C29H23FN6O3/c30-21-3-1-18(2-4-21)14-36-27-8-5-22(11-20(27)13-33-36)34-28-24-12-23(6-7-26(24)31-17-32-28)35-15-19(9-10-37)25(16-35)29(38)39/h1-8,11-13,15-17,37H,9-10,14H2,(H,38,39)(H,31,32,34). The number of aromatic nitrogens is 5. The van der Waals surface area contributed by atoms with Crippen LogP contribution in [0.3, 0.4) is 0 Å². The van der Waals surface area contributed by atoms with Crippen molar-refractivity contribution in [3.8, 4) is 5.69 Å². The Balaban J connectivity index is 1.31. The van der Waals surface area contributed by atoms with Crippen molar-refractivity contribution in [3.05, 3.63) is 108 Å². The SMILES string of the molecule is O=C(O)c1cn(-c2ccc3ncnc(Nc4ccc5c(cnn5Cc5ccc(F)cc5)c4)c3c2)cc1CCO. The first-order valence-corrected chi connectivity index (χ1v) is 12.3. The molecule has 0 aliphatic heterocycles. The van der Waals surface area contributed by atoms with Crippen molar-refractivity contribution in [1.82, 2.24) is 24.3 Å². The van der Waals surface area contributed by atoms with Crippen molar-refractivity contribution >= 4 is 39.3 Å². The number of hydrogen-bond acceptors (Lipinski definition) is 6. The number of hydrogen-bond donors (Lipinski definition) is 3. The van der Waals surface area contributed by atoms with E-state index in [-0.39, 0.29) is 24.4 Å². The molecular formula is C29H23FN6O3. The number of aromatic carboxylic acids is 1. The molecule has 10 heteroatoms. The number of anilines is 2. The molecule has 3 aromatic heterocycles. The number of carbonyl (C=O) groups is 1. The lowest BCUT2D eigenvalue weighted by Gasteiger charge is -2.11. The van der Waals surface area contributed by atoms with Gasteiger partial charge in [0.2, 0.25) is 0 Å². The van der Waals surface area contributed by atoms with Crippen LogP contribution >= 0.6 is 0 Å². The molecule has 0 unspecified atom stereocenters. The molecule has 194 valence electrons. The summed E-state index contributed by atoms with van der Waals surface area (Å²) in [4.78, 5) is 20.5. The lowest BCUT2D eigenvalue weighted by Crippen LogP contribution is -2.01. The molecule has 0 fully saturated rings. The highest BCUT2D eigenvalue weighted by molar-refractivity contribution is 5.93. The van der Waals surface area contributed by atoms with Gasteiger partial charge in [0, 0.05) is 41.1 Å². The summed E-state index contributed by atoms with van der Waals surface area (Å²) in [7, 11) is 0. The third-order valence-corrected chi connectivity index (χ3v) is 6.59. The van der Waals surface area contributed by atoms with E-state index in [1.165, 1.54) is 18.5 Å². The highest BCUT2D eigenvalue weighted by Crippen LogP contribution is 2.28. The Bertz CT molecular complexity index is 1830. The normalized spacial score (nSPS) is 11.3. The summed E-state index contributed by atoms with van der Waals surface area (Å²) in [6.45, 7) is 0.387. The number of carboxylic acids is 1. The Hall–Kier alpha value is -5.09. The topological polar surface area (TPSA) is 118 Å². The maximum Gasteiger partial charge on any atom is 0.337 e. The van der Waals surface area contributed by atoms with E-state index >= 15 is 0 Å². The van der Waals surface area contributed by atoms with Crippen molar-refractivity contribution < 1.29 is 19.4 Å². The van der Waals surface area contributed by atoms with Crippen molar-refractivity contribution in [2.45, 2.75) is 13.0 Å². The Morgan fingerprint density at radius 3 is 2.64 bits per heavy atom. The van der Waals surface area contributed by atoms with Crippen molar-refractivity contribution in [2.24, 2.45) is 0 Å². The van der Waals surface area contributed by atoms with Crippen LogP contribution in [0, 0.1) is 5.82 Å². The van der Waals surface area contributed by atoms with Crippen LogP contribution in [0.2, 0.25) is 0 Å². The fourth-order valence-corrected chi connectivity index (χ4v) is 4.65. The van der Waals surface area contributed by atoms with Crippen molar-refractivity contribution in [2.75, 3.05) is 11.9 Å². The van der Waals surface area contributed by atoms with Gasteiger partial charge >= 0.3 is 5.97 Å². The lowest BCUT2D eigenvalue weighted by molar-refractivity contribution is 0.0695. The van der Waals surface area contributed by atoms with Crippen LogP contribution in [0.5, 0.6) is 0 Å². The molecule has 0 radical (unpaired) electrons. The first kappa shape index (κ1) is 24.3. The van der Waals surface area contributed by atoms with Gasteiger partial charge in [0.15, 0.2) is 0 Å². The second-order valence-electron chi connectivity index (χ2n) is 9.13. The van der Waals surface area contributed by atoms with Crippen LogP contribution in [-0.2, 0) is 13.0 Å². The molecule has 0 bridgehead atoms. The van der Waals surface area contributed by atoms with E-state index in [9.17, 15) is 19.4 Å². The smallest absolute Gasteiger partial charge is 0.337 e. The minimum Gasteiger partial charge on any atom is -0.478 e. The largest absolute Gasteiger partial charge is 0.478 e. The van der Waals surface area contributed by atoms with Gasteiger partial charge in [-0.05, 0) is 66.1 Å². The lowest BCUT2D eigenvalue weighted by atomic mass is 10.1. The Morgan fingerprint density at radius 1 is 1.00 bits per heavy atom. The quantitative estimate of drug-likeness (QED) is 0.259. The number of nitrogens with zero attached hydrogens (tertiary/aromatic N) is 5. The number of fused-ring (bicyclic) bond motifs is 2. The number of benzene rings is 3. The zero-order valence-electron chi connectivity index (χ0n) is 20.6.